The second-order valence-electron chi connectivity index (χ2n) is 6.66. The largest absolute Gasteiger partial charge is 0.493 e. The van der Waals surface area contributed by atoms with Crippen LogP contribution < -0.4 is 10.1 Å². The minimum absolute atomic E-state index is 0.00473. The number of ether oxygens (including phenoxy) is 1. The molecule has 23 heavy (non-hydrogen) atoms. The van der Waals surface area contributed by atoms with Crippen molar-refractivity contribution in [2.45, 2.75) is 32.2 Å². The topological polar surface area (TPSA) is 56.2 Å². The predicted molar refractivity (Wildman–Crippen MR) is 86.5 cm³/mol. The van der Waals surface area contributed by atoms with Gasteiger partial charge in [-0.25, -0.2) is 0 Å². The van der Waals surface area contributed by atoms with Crippen LogP contribution in [0.4, 0.5) is 0 Å². The third kappa shape index (κ3) is 3.09. The summed E-state index contributed by atoms with van der Waals surface area (Å²) in [5, 5.41) is 7.37. The summed E-state index contributed by atoms with van der Waals surface area (Å²) in [6.45, 7) is 2.35. The van der Waals surface area contributed by atoms with Gasteiger partial charge < -0.3 is 10.1 Å². The molecule has 4 rings (SSSR count). The Hall–Kier alpha value is -2.30. The molecule has 2 heterocycles. The summed E-state index contributed by atoms with van der Waals surface area (Å²) < 4.78 is 7.55. The highest BCUT2D eigenvalue weighted by atomic mass is 16.5. The van der Waals surface area contributed by atoms with E-state index in [1.54, 1.807) is 6.20 Å². The van der Waals surface area contributed by atoms with Crippen LogP contribution in [-0.2, 0) is 13.0 Å². The van der Waals surface area contributed by atoms with E-state index in [1.165, 1.54) is 0 Å². The summed E-state index contributed by atoms with van der Waals surface area (Å²) in [6, 6.07) is 7.67. The van der Waals surface area contributed by atoms with Gasteiger partial charge >= 0.3 is 0 Å². The zero-order valence-corrected chi connectivity index (χ0v) is 13.1. The summed E-state index contributed by atoms with van der Waals surface area (Å²) in [5.41, 5.74) is 2.05. The third-order valence-corrected chi connectivity index (χ3v) is 4.81. The van der Waals surface area contributed by atoms with Gasteiger partial charge in [0.2, 0.25) is 0 Å². The SMILES string of the molecule is O=C(NCC1(Cn2cccn2)CC1)c1ccc2c(c1)CCCO2. The van der Waals surface area contributed by atoms with Crippen LogP contribution in [0.15, 0.2) is 36.7 Å². The summed E-state index contributed by atoms with van der Waals surface area (Å²) in [6.07, 6.45) is 8.07. The average Bonchev–Trinajstić information content (AvgIpc) is 3.15. The number of nitrogens with one attached hydrogen (secondary N) is 1. The van der Waals surface area contributed by atoms with Gasteiger partial charge in [0.1, 0.15) is 5.75 Å². The monoisotopic (exact) mass is 311 g/mol. The van der Waals surface area contributed by atoms with Gasteiger partial charge in [0.25, 0.3) is 5.91 Å². The third-order valence-electron chi connectivity index (χ3n) is 4.81. The molecule has 1 saturated carbocycles. The maximum absolute atomic E-state index is 12.4. The number of carbonyl (C=O) groups excluding carboxylic acids is 1. The molecule has 0 unspecified atom stereocenters. The summed E-state index contributed by atoms with van der Waals surface area (Å²) in [4.78, 5) is 12.4. The van der Waals surface area contributed by atoms with Crippen LogP contribution >= 0.6 is 0 Å². The van der Waals surface area contributed by atoms with Crippen molar-refractivity contribution in [2.24, 2.45) is 5.41 Å². The lowest BCUT2D eigenvalue weighted by Gasteiger charge is -2.19. The van der Waals surface area contributed by atoms with E-state index in [-0.39, 0.29) is 11.3 Å². The number of carbonyl (C=O) groups is 1. The molecule has 5 heteroatoms. The number of hydrogen-bond acceptors (Lipinski definition) is 3. The van der Waals surface area contributed by atoms with Crippen molar-refractivity contribution in [1.29, 1.82) is 0 Å². The van der Waals surface area contributed by atoms with Gasteiger partial charge in [-0.1, -0.05) is 0 Å². The molecular formula is C18H21N3O2. The highest BCUT2D eigenvalue weighted by Gasteiger charge is 2.43. The molecule has 1 aliphatic heterocycles. The van der Waals surface area contributed by atoms with Gasteiger partial charge in [0, 0.05) is 36.5 Å². The van der Waals surface area contributed by atoms with E-state index in [0.29, 0.717) is 6.54 Å². The molecule has 1 aliphatic carbocycles. The standard InChI is InChI=1S/C18H21N3O2/c22-17(15-4-5-16-14(11-15)3-1-10-23-16)19-12-18(6-7-18)13-21-9-2-8-20-21/h2,4-5,8-9,11H,1,3,6-7,10,12-13H2,(H,19,22). The van der Waals surface area contributed by atoms with E-state index < -0.39 is 0 Å². The molecule has 0 spiro atoms. The zero-order chi connectivity index (χ0) is 15.7. The molecule has 1 aromatic carbocycles. The number of aryl methyl sites for hydroxylation is 1. The maximum atomic E-state index is 12.4. The van der Waals surface area contributed by atoms with Crippen molar-refractivity contribution < 1.29 is 9.53 Å². The van der Waals surface area contributed by atoms with Crippen molar-refractivity contribution in [3.05, 3.63) is 47.8 Å². The molecule has 0 atom stereocenters. The van der Waals surface area contributed by atoms with Gasteiger partial charge in [-0.15, -0.1) is 0 Å². The number of rotatable bonds is 5. The second-order valence-corrected chi connectivity index (χ2v) is 6.66. The Labute approximate surface area is 135 Å². The normalized spacial score (nSPS) is 17.9. The summed E-state index contributed by atoms with van der Waals surface area (Å²) >= 11 is 0. The fourth-order valence-corrected chi connectivity index (χ4v) is 3.18. The number of benzene rings is 1. The van der Waals surface area contributed by atoms with Crippen LogP contribution in [-0.4, -0.2) is 28.8 Å². The fraction of sp³-hybridized carbons (Fsp3) is 0.444. The van der Waals surface area contributed by atoms with Crippen LogP contribution in [0.2, 0.25) is 0 Å². The van der Waals surface area contributed by atoms with Crippen molar-refractivity contribution in [2.75, 3.05) is 13.2 Å². The lowest BCUT2D eigenvalue weighted by atomic mass is 10.0. The van der Waals surface area contributed by atoms with E-state index in [9.17, 15) is 4.79 Å². The van der Waals surface area contributed by atoms with Crippen LogP contribution in [0.25, 0.3) is 0 Å². The number of hydrogen-bond donors (Lipinski definition) is 1. The zero-order valence-electron chi connectivity index (χ0n) is 13.1. The lowest BCUT2D eigenvalue weighted by molar-refractivity contribution is 0.0942. The second kappa shape index (κ2) is 5.72. The minimum Gasteiger partial charge on any atom is -0.493 e. The van der Waals surface area contributed by atoms with Gasteiger partial charge in [-0.2, -0.15) is 5.10 Å². The first kappa shape index (κ1) is 14.3. The molecule has 1 N–H and O–H groups in total. The van der Waals surface area contributed by atoms with Crippen LogP contribution in [0.3, 0.4) is 0 Å². The van der Waals surface area contributed by atoms with Gasteiger partial charge in [-0.05, 0) is 55.5 Å². The molecule has 0 bridgehead atoms. The smallest absolute Gasteiger partial charge is 0.251 e. The molecule has 1 aromatic heterocycles. The van der Waals surface area contributed by atoms with E-state index in [1.807, 2.05) is 35.1 Å². The fourth-order valence-electron chi connectivity index (χ4n) is 3.18. The van der Waals surface area contributed by atoms with Crippen molar-refractivity contribution >= 4 is 5.91 Å². The molecule has 2 aliphatic rings. The van der Waals surface area contributed by atoms with Crippen molar-refractivity contribution in [3.8, 4) is 5.75 Å². The first-order chi connectivity index (χ1) is 11.2. The molecule has 1 fully saturated rings. The summed E-state index contributed by atoms with van der Waals surface area (Å²) in [5.74, 6) is 0.926. The molecule has 120 valence electrons. The molecular weight excluding hydrogens is 290 g/mol. The first-order valence-corrected chi connectivity index (χ1v) is 8.26. The van der Waals surface area contributed by atoms with Crippen LogP contribution in [0, 0.1) is 5.41 Å². The number of amides is 1. The quantitative estimate of drug-likeness (QED) is 0.922. The predicted octanol–water partition coefficient (Wildman–Crippen LogP) is 2.42. The van der Waals surface area contributed by atoms with E-state index in [0.717, 1.165) is 55.7 Å². The Bertz CT molecular complexity index is 705. The van der Waals surface area contributed by atoms with Gasteiger partial charge in [0.05, 0.1) is 6.61 Å². The van der Waals surface area contributed by atoms with Crippen LogP contribution in [0.1, 0.15) is 35.2 Å². The molecule has 0 radical (unpaired) electrons. The Kier molecular flexibility index (Phi) is 3.56. The van der Waals surface area contributed by atoms with Crippen LogP contribution in [0.5, 0.6) is 5.75 Å². The molecule has 0 saturated heterocycles. The average molecular weight is 311 g/mol. The number of aromatic nitrogens is 2. The molecule has 1 amide bonds. The number of fused-ring (bicyclic) bond motifs is 1. The molecule has 5 nitrogen and oxygen atoms in total. The Morgan fingerprint density at radius 2 is 2.30 bits per heavy atom. The Morgan fingerprint density at radius 3 is 3.09 bits per heavy atom. The van der Waals surface area contributed by atoms with Crippen molar-refractivity contribution in [1.82, 2.24) is 15.1 Å². The molecule has 2 aromatic rings. The van der Waals surface area contributed by atoms with E-state index in [2.05, 4.69) is 10.4 Å². The van der Waals surface area contributed by atoms with Crippen molar-refractivity contribution in [3.63, 3.8) is 0 Å². The Morgan fingerprint density at radius 1 is 1.39 bits per heavy atom. The highest BCUT2D eigenvalue weighted by Crippen LogP contribution is 2.46. The van der Waals surface area contributed by atoms with E-state index in [4.69, 9.17) is 4.74 Å². The summed E-state index contributed by atoms with van der Waals surface area (Å²) in [7, 11) is 0. The maximum Gasteiger partial charge on any atom is 0.251 e. The van der Waals surface area contributed by atoms with Gasteiger partial charge in [-0.3, -0.25) is 9.48 Å². The highest BCUT2D eigenvalue weighted by molar-refractivity contribution is 5.94. The number of nitrogens with zero attached hydrogens (tertiary/aromatic N) is 2. The van der Waals surface area contributed by atoms with Gasteiger partial charge in [0.15, 0.2) is 0 Å². The Balaban J connectivity index is 1.38. The minimum atomic E-state index is 0.00473. The van der Waals surface area contributed by atoms with E-state index >= 15 is 0 Å². The first-order valence-electron chi connectivity index (χ1n) is 8.26. The lowest BCUT2D eigenvalue weighted by Crippen LogP contribution is -2.32.